The number of halogens is 1. The summed E-state index contributed by atoms with van der Waals surface area (Å²) in [5, 5.41) is 11.1. The first kappa shape index (κ1) is 25.0. The van der Waals surface area contributed by atoms with Crippen LogP contribution < -0.4 is 4.74 Å². The maximum absolute atomic E-state index is 11.5. The number of aromatic carboxylic acids is 1. The zero-order chi connectivity index (χ0) is 25.3. The molecule has 6 heteroatoms. The Hall–Kier alpha value is -4.11. The zero-order valence-electron chi connectivity index (χ0n) is 19.4. The number of terminal acetylenes is 1. The van der Waals surface area contributed by atoms with Gasteiger partial charge >= 0.3 is 5.97 Å². The van der Waals surface area contributed by atoms with Gasteiger partial charge in [-0.1, -0.05) is 60.1 Å². The van der Waals surface area contributed by atoms with Crippen LogP contribution in [0, 0.1) is 12.3 Å². The molecule has 0 amide bonds. The summed E-state index contributed by atoms with van der Waals surface area (Å²) in [6, 6.07) is 24.0. The molecule has 0 saturated heterocycles. The Morgan fingerprint density at radius 3 is 2.72 bits per heavy atom. The monoisotopic (exact) mass is 497 g/mol. The van der Waals surface area contributed by atoms with Crippen molar-refractivity contribution in [1.82, 2.24) is 4.98 Å². The van der Waals surface area contributed by atoms with Crippen LogP contribution in [-0.4, -0.2) is 29.3 Å². The molecule has 0 spiro atoms. The minimum absolute atomic E-state index is 0.0979. The molecule has 3 aromatic carbocycles. The molecule has 0 aliphatic rings. The van der Waals surface area contributed by atoms with Gasteiger partial charge in [0.1, 0.15) is 24.0 Å². The first-order chi connectivity index (χ1) is 17.5. The van der Waals surface area contributed by atoms with E-state index in [1.165, 1.54) is 6.07 Å². The number of benzene rings is 3. The van der Waals surface area contributed by atoms with Crippen molar-refractivity contribution in [2.45, 2.75) is 12.5 Å². The summed E-state index contributed by atoms with van der Waals surface area (Å²) in [7, 11) is 0. The summed E-state index contributed by atoms with van der Waals surface area (Å²) in [6.07, 6.45) is 9.32. The minimum Gasteiger partial charge on any atom is -0.490 e. The van der Waals surface area contributed by atoms with E-state index in [9.17, 15) is 9.90 Å². The van der Waals surface area contributed by atoms with Crippen LogP contribution in [0.25, 0.3) is 23.1 Å². The maximum atomic E-state index is 11.5. The van der Waals surface area contributed by atoms with Crippen LogP contribution in [0.2, 0.25) is 5.02 Å². The SMILES string of the molecule is C#CCCOC(COc1ccccc1C(=O)O)c1cccc(/C=C/c2ccc3ccc(Cl)cc3n2)c1. The third kappa shape index (κ3) is 6.51. The summed E-state index contributed by atoms with van der Waals surface area (Å²) < 4.78 is 11.9. The molecule has 0 bridgehead atoms. The van der Waals surface area contributed by atoms with Crippen molar-refractivity contribution >= 4 is 40.6 Å². The number of hydrogen-bond acceptors (Lipinski definition) is 4. The molecule has 0 aliphatic heterocycles. The fraction of sp³-hybridized carbons (Fsp3) is 0.133. The number of fused-ring (bicyclic) bond motifs is 1. The summed E-state index contributed by atoms with van der Waals surface area (Å²) >= 11 is 6.11. The Balaban J connectivity index is 1.53. The third-order valence-corrected chi connectivity index (χ3v) is 5.71. The van der Waals surface area contributed by atoms with Crippen molar-refractivity contribution in [1.29, 1.82) is 0 Å². The molecular formula is C30H24ClNO4. The van der Waals surface area contributed by atoms with Gasteiger partial charge in [0, 0.05) is 16.8 Å². The number of carbonyl (C=O) groups is 1. The molecule has 0 aliphatic carbocycles. The Bertz CT molecular complexity index is 1440. The molecule has 1 aromatic heterocycles. The molecule has 1 atom stereocenters. The number of nitrogens with zero attached hydrogens (tertiary/aromatic N) is 1. The molecule has 4 aromatic rings. The van der Waals surface area contributed by atoms with Crippen LogP contribution in [0.3, 0.4) is 0 Å². The molecule has 180 valence electrons. The normalized spacial score (nSPS) is 11.9. The highest BCUT2D eigenvalue weighted by molar-refractivity contribution is 6.31. The highest BCUT2D eigenvalue weighted by Gasteiger charge is 2.16. The van der Waals surface area contributed by atoms with Crippen LogP contribution in [0.1, 0.15) is 39.7 Å². The predicted octanol–water partition coefficient (Wildman–Crippen LogP) is 6.92. The van der Waals surface area contributed by atoms with Gasteiger partial charge in [0.05, 0.1) is 17.8 Å². The van der Waals surface area contributed by atoms with Crippen molar-refractivity contribution in [3.63, 3.8) is 0 Å². The smallest absolute Gasteiger partial charge is 0.339 e. The summed E-state index contributed by atoms with van der Waals surface area (Å²) in [4.78, 5) is 16.2. The molecule has 5 nitrogen and oxygen atoms in total. The number of pyridine rings is 1. The number of rotatable bonds is 10. The minimum atomic E-state index is -1.05. The van der Waals surface area contributed by atoms with E-state index in [-0.39, 0.29) is 17.9 Å². The van der Waals surface area contributed by atoms with Crippen molar-refractivity contribution in [2.75, 3.05) is 13.2 Å². The number of carboxylic acids is 1. The lowest BCUT2D eigenvalue weighted by Gasteiger charge is -2.20. The molecular weight excluding hydrogens is 474 g/mol. The van der Waals surface area contributed by atoms with Crippen LogP contribution in [0.4, 0.5) is 0 Å². The zero-order valence-corrected chi connectivity index (χ0v) is 20.2. The van der Waals surface area contributed by atoms with Gasteiger partial charge in [0.2, 0.25) is 0 Å². The first-order valence-corrected chi connectivity index (χ1v) is 11.8. The van der Waals surface area contributed by atoms with E-state index in [0.29, 0.717) is 18.1 Å². The Labute approximate surface area is 215 Å². The van der Waals surface area contributed by atoms with E-state index >= 15 is 0 Å². The molecule has 36 heavy (non-hydrogen) atoms. The lowest BCUT2D eigenvalue weighted by atomic mass is 10.1. The Morgan fingerprint density at radius 2 is 1.89 bits per heavy atom. The topological polar surface area (TPSA) is 68.7 Å². The van der Waals surface area contributed by atoms with Crippen LogP contribution in [0.15, 0.2) is 78.9 Å². The highest BCUT2D eigenvalue weighted by atomic mass is 35.5. The fourth-order valence-corrected chi connectivity index (χ4v) is 3.85. The van der Waals surface area contributed by atoms with Gasteiger partial charge in [-0.15, -0.1) is 12.3 Å². The van der Waals surface area contributed by atoms with E-state index < -0.39 is 12.1 Å². The van der Waals surface area contributed by atoms with Crippen molar-refractivity contribution in [2.24, 2.45) is 0 Å². The van der Waals surface area contributed by atoms with Crippen molar-refractivity contribution in [3.05, 3.63) is 106 Å². The first-order valence-electron chi connectivity index (χ1n) is 11.4. The molecule has 1 heterocycles. The third-order valence-electron chi connectivity index (χ3n) is 5.48. The molecule has 1 N–H and O–H groups in total. The Kier molecular flexibility index (Phi) is 8.36. The number of carboxylic acid groups (broad SMARTS) is 1. The highest BCUT2D eigenvalue weighted by Crippen LogP contribution is 2.25. The second-order valence-corrected chi connectivity index (χ2v) is 8.44. The molecule has 1 unspecified atom stereocenters. The average Bonchev–Trinajstić information content (AvgIpc) is 2.89. The van der Waals surface area contributed by atoms with E-state index in [4.69, 9.17) is 27.5 Å². The lowest BCUT2D eigenvalue weighted by molar-refractivity contribution is 0.0216. The van der Waals surface area contributed by atoms with Gasteiger partial charge in [-0.3, -0.25) is 0 Å². The van der Waals surface area contributed by atoms with Gasteiger partial charge in [-0.25, -0.2) is 9.78 Å². The van der Waals surface area contributed by atoms with Crippen LogP contribution >= 0.6 is 11.6 Å². The number of aromatic nitrogens is 1. The number of ether oxygens (including phenoxy) is 2. The quantitative estimate of drug-likeness (QED) is 0.190. The number of para-hydroxylation sites is 1. The van der Waals surface area contributed by atoms with E-state index in [0.717, 1.165) is 27.7 Å². The van der Waals surface area contributed by atoms with Gasteiger partial charge in [-0.05, 0) is 53.6 Å². The van der Waals surface area contributed by atoms with Gasteiger partial charge in [0.15, 0.2) is 0 Å². The molecule has 0 fully saturated rings. The van der Waals surface area contributed by atoms with Crippen molar-refractivity contribution in [3.8, 4) is 18.1 Å². The van der Waals surface area contributed by atoms with Crippen LogP contribution in [0.5, 0.6) is 5.75 Å². The van der Waals surface area contributed by atoms with Crippen molar-refractivity contribution < 1.29 is 19.4 Å². The van der Waals surface area contributed by atoms with Gasteiger partial charge in [-0.2, -0.15) is 0 Å². The van der Waals surface area contributed by atoms with E-state index in [1.54, 1.807) is 18.2 Å². The molecule has 0 radical (unpaired) electrons. The summed E-state index contributed by atoms with van der Waals surface area (Å²) in [5.74, 6) is 1.81. The molecule has 0 saturated carbocycles. The average molecular weight is 498 g/mol. The Morgan fingerprint density at radius 1 is 1.06 bits per heavy atom. The fourth-order valence-electron chi connectivity index (χ4n) is 3.68. The predicted molar refractivity (Wildman–Crippen MR) is 143 cm³/mol. The van der Waals surface area contributed by atoms with Gasteiger partial charge in [0.25, 0.3) is 0 Å². The van der Waals surface area contributed by atoms with Gasteiger partial charge < -0.3 is 14.6 Å². The second kappa shape index (κ2) is 12.0. The van der Waals surface area contributed by atoms with E-state index in [2.05, 4.69) is 10.9 Å². The van der Waals surface area contributed by atoms with E-state index in [1.807, 2.05) is 66.7 Å². The maximum Gasteiger partial charge on any atom is 0.339 e. The lowest BCUT2D eigenvalue weighted by Crippen LogP contribution is -2.16. The number of hydrogen-bond donors (Lipinski definition) is 1. The summed E-state index contributed by atoms with van der Waals surface area (Å²) in [5.41, 5.74) is 3.59. The largest absolute Gasteiger partial charge is 0.490 e. The molecule has 4 rings (SSSR count). The summed E-state index contributed by atoms with van der Waals surface area (Å²) in [6.45, 7) is 0.490. The standard InChI is InChI=1S/C30H24ClNO4/c1-2-3-17-35-29(20-36-28-10-5-4-9-26(28)30(33)34)23-8-6-7-21(18-23)11-15-25-16-13-22-12-14-24(31)19-27(22)32-25/h1,4-16,18-19,29H,3,17,20H2,(H,33,34)/b15-11+. The second-order valence-electron chi connectivity index (χ2n) is 8.00. The van der Waals surface area contributed by atoms with Crippen LogP contribution in [-0.2, 0) is 4.74 Å².